The van der Waals surface area contributed by atoms with Gasteiger partial charge in [0.2, 0.25) is 6.29 Å². The average molecular weight is 241 g/mol. The lowest BCUT2D eigenvalue weighted by atomic mass is 10.1. The van der Waals surface area contributed by atoms with Gasteiger partial charge in [0.15, 0.2) is 5.79 Å². The molecule has 0 bridgehead atoms. The van der Waals surface area contributed by atoms with Gasteiger partial charge in [0, 0.05) is 13.3 Å². The fourth-order valence-electron chi connectivity index (χ4n) is 1.95. The Balaban J connectivity index is 2.75. The molecule has 2 unspecified atom stereocenters. The first-order chi connectivity index (χ1) is 8.05. The lowest BCUT2D eigenvalue weighted by Crippen LogP contribution is -2.49. The molecule has 96 valence electrons. The van der Waals surface area contributed by atoms with Crippen LogP contribution in [0.5, 0.6) is 0 Å². The van der Waals surface area contributed by atoms with Crippen molar-refractivity contribution in [1.29, 1.82) is 5.26 Å². The van der Waals surface area contributed by atoms with Gasteiger partial charge in [0.25, 0.3) is 0 Å². The molecule has 5 heteroatoms. The molecule has 0 spiro atoms. The van der Waals surface area contributed by atoms with Crippen LogP contribution in [-0.2, 0) is 19.0 Å². The molecule has 0 radical (unpaired) electrons. The van der Waals surface area contributed by atoms with Crippen LogP contribution in [0.15, 0.2) is 0 Å². The van der Waals surface area contributed by atoms with E-state index in [0.717, 1.165) is 0 Å². The summed E-state index contributed by atoms with van der Waals surface area (Å²) in [6, 6.07) is 2.08. The van der Waals surface area contributed by atoms with Crippen molar-refractivity contribution in [2.45, 2.75) is 64.6 Å². The first-order valence-corrected chi connectivity index (χ1v) is 5.95. The second-order valence-electron chi connectivity index (χ2n) is 4.11. The van der Waals surface area contributed by atoms with E-state index in [1.807, 2.05) is 13.8 Å². The molecule has 0 aromatic heterocycles. The van der Waals surface area contributed by atoms with Crippen LogP contribution in [0.3, 0.4) is 0 Å². The molecule has 1 aliphatic rings. The highest BCUT2D eigenvalue weighted by Crippen LogP contribution is 2.34. The molecular weight excluding hydrogens is 222 g/mol. The normalized spacial score (nSPS) is 27.2. The molecular formula is C12H19NO4. The number of nitriles is 1. The third kappa shape index (κ3) is 3.69. The molecule has 17 heavy (non-hydrogen) atoms. The van der Waals surface area contributed by atoms with Gasteiger partial charge in [-0.05, 0) is 12.8 Å². The Morgan fingerprint density at radius 3 is 2.59 bits per heavy atom. The van der Waals surface area contributed by atoms with E-state index in [2.05, 4.69) is 6.07 Å². The predicted octanol–water partition coefficient (Wildman–Crippen LogP) is 2.11. The zero-order valence-corrected chi connectivity index (χ0v) is 10.6. The summed E-state index contributed by atoms with van der Waals surface area (Å²) < 4.78 is 16.5. The number of hydrogen-bond donors (Lipinski definition) is 0. The van der Waals surface area contributed by atoms with Crippen molar-refractivity contribution in [3.63, 3.8) is 0 Å². The van der Waals surface area contributed by atoms with Gasteiger partial charge in [-0.2, -0.15) is 5.26 Å². The van der Waals surface area contributed by atoms with Crippen molar-refractivity contribution in [1.82, 2.24) is 0 Å². The van der Waals surface area contributed by atoms with Gasteiger partial charge >= 0.3 is 5.97 Å². The molecule has 0 aliphatic carbocycles. The van der Waals surface area contributed by atoms with Gasteiger partial charge in [0.1, 0.15) is 0 Å². The number of esters is 1. The zero-order chi connectivity index (χ0) is 12.9. The van der Waals surface area contributed by atoms with Crippen LogP contribution in [0.4, 0.5) is 0 Å². The quantitative estimate of drug-likeness (QED) is 0.705. The highest BCUT2D eigenvalue weighted by atomic mass is 16.8. The van der Waals surface area contributed by atoms with Crippen molar-refractivity contribution in [3.05, 3.63) is 0 Å². The minimum absolute atomic E-state index is 0.238. The van der Waals surface area contributed by atoms with Crippen molar-refractivity contribution in [2.24, 2.45) is 0 Å². The molecule has 2 atom stereocenters. The molecule has 0 N–H and O–H groups in total. The Kier molecular flexibility index (Phi) is 4.91. The molecule has 0 aromatic rings. The summed E-state index contributed by atoms with van der Waals surface area (Å²) in [7, 11) is 0. The molecule has 1 saturated heterocycles. The zero-order valence-electron chi connectivity index (χ0n) is 10.6. The highest BCUT2D eigenvalue weighted by molar-refractivity contribution is 5.66. The summed E-state index contributed by atoms with van der Waals surface area (Å²) in [5, 5.41) is 8.72. The SMILES string of the molecule is CCC1(CC)OC(CC#N)CC(OC(C)=O)O1. The number of hydrogen-bond acceptors (Lipinski definition) is 5. The third-order valence-corrected chi connectivity index (χ3v) is 2.88. The molecule has 1 rings (SSSR count). The van der Waals surface area contributed by atoms with Gasteiger partial charge < -0.3 is 14.2 Å². The summed E-state index contributed by atoms with van der Waals surface area (Å²) in [5.41, 5.74) is 0. The second-order valence-corrected chi connectivity index (χ2v) is 4.11. The van der Waals surface area contributed by atoms with E-state index in [9.17, 15) is 4.79 Å². The Bertz CT molecular complexity index is 306. The maximum Gasteiger partial charge on any atom is 0.304 e. The minimum Gasteiger partial charge on any atom is -0.436 e. The molecule has 0 aromatic carbocycles. The summed E-state index contributed by atoms with van der Waals surface area (Å²) in [6.45, 7) is 5.24. The first kappa shape index (κ1) is 13.9. The van der Waals surface area contributed by atoms with E-state index in [0.29, 0.717) is 19.3 Å². The lowest BCUT2D eigenvalue weighted by Gasteiger charge is -2.42. The largest absolute Gasteiger partial charge is 0.436 e. The molecule has 1 heterocycles. The number of nitrogens with zero attached hydrogens (tertiary/aromatic N) is 1. The third-order valence-electron chi connectivity index (χ3n) is 2.88. The van der Waals surface area contributed by atoms with Gasteiger partial charge in [-0.25, -0.2) is 0 Å². The fourth-order valence-corrected chi connectivity index (χ4v) is 1.95. The van der Waals surface area contributed by atoms with Crippen LogP contribution < -0.4 is 0 Å². The Morgan fingerprint density at radius 2 is 2.12 bits per heavy atom. The number of carbonyl (C=O) groups excluding carboxylic acids is 1. The van der Waals surface area contributed by atoms with Crippen molar-refractivity contribution in [3.8, 4) is 6.07 Å². The second kappa shape index (κ2) is 5.99. The van der Waals surface area contributed by atoms with E-state index < -0.39 is 12.1 Å². The molecule has 0 saturated carbocycles. The Morgan fingerprint density at radius 1 is 1.47 bits per heavy atom. The van der Waals surface area contributed by atoms with Crippen LogP contribution in [0.2, 0.25) is 0 Å². The number of rotatable bonds is 4. The van der Waals surface area contributed by atoms with Crippen LogP contribution in [0.1, 0.15) is 46.5 Å². The maximum absolute atomic E-state index is 11.0. The van der Waals surface area contributed by atoms with Crippen LogP contribution in [0, 0.1) is 11.3 Å². The van der Waals surface area contributed by atoms with Gasteiger partial charge in [-0.3, -0.25) is 4.79 Å². The maximum atomic E-state index is 11.0. The van der Waals surface area contributed by atoms with E-state index in [1.54, 1.807) is 0 Å². The van der Waals surface area contributed by atoms with Crippen molar-refractivity contribution in [2.75, 3.05) is 0 Å². The standard InChI is InChI=1S/C12H19NO4/c1-4-12(5-2)16-10(6-7-13)8-11(17-12)15-9(3)14/h10-11H,4-6,8H2,1-3H3. The summed E-state index contributed by atoms with van der Waals surface area (Å²) in [5.74, 6) is -1.12. The average Bonchev–Trinajstić information content (AvgIpc) is 2.28. The van der Waals surface area contributed by atoms with Crippen molar-refractivity contribution < 1.29 is 19.0 Å². The van der Waals surface area contributed by atoms with Crippen LogP contribution in [0.25, 0.3) is 0 Å². The smallest absolute Gasteiger partial charge is 0.304 e. The van der Waals surface area contributed by atoms with Crippen LogP contribution >= 0.6 is 0 Å². The van der Waals surface area contributed by atoms with Gasteiger partial charge in [0.05, 0.1) is 18.6 Å². The van der Waals surface area contributed by atoms with Crippen LogP contribution in [-0.4, -0.2) is 24.2 Å². The fraction of sp³-hybridized carbons (Fsp3) is 0.833. The van der Waals surface area contributed by atoms with E-state index in [4.69, 9.17) is 19.5 Å². The minimum atomic E-state index is -0.736. The lowest BCUT2D eigenvalue weighted by molar-refractivity contribution is -0.358. The molecule has 1 fully saturated rings. The monoisotopic (exact) mass is 241 g/mol. The Labute approximate surface area is 102 Å². The molecule has 5 nitrogen and oxygen atoms in total. The van der Waals surface area contributed by atoms with E-state index in [-0.39, 0.29) is 18.5 Å². The summed E-state index contributed by atoms with van der Waals surface area (Å²) >= 11 is 0. The van der Waals surface area contributed by atoms with Gasteiger partial charge in [-0.1, -0.05) is 13.8 Å². The highest BCUT2D eigenvalue weighted by Gasteiger charge is 2.41. The van der Waals surface area contributed by atoms with E-state index >= 15 is 0 Å². The van der Waals surface area contributed by atoms with E-state index in [1.165, 1.54) is 6.92 Å². The summed E-state index contributed by atoms with van der Waals surface area (Å²) in [4.78, 5) is 11.0. The number of ether oxygens (including phenoxy) is 3. The topological polar surface area (TPSA) is 68.5 Å². The number of carbonyl (C=O) groups is 1. The molecule has 1 aliphatic heterocycles. The predicted molar refractivity (Wildman–Crippen MR) is 59.7 cm³/mol. The van der Waals surface area contributed by atoms with Crippen molar-refractivity contribution >= 4 is 5.97 Å². The molecule has 0 amide bonds. The summed E-state index contributed by atoms with van der Waals surface area (Å²) in [6.07, 6.45) is 1.15. The Hall–Kier alpha value is -1.12. The first-order valence-electron chi connectivity index (χ1n) is 5.95. The van der Waals surface area contributed by atoms with Gasteiger partial charge in [-0.15, -0.1) is 0 Å².